The van der Waals surface area contributed by atoms with Crippen LogP contribution < -0.4 is 0 Å². The molecular weight excluding hydrogens is 288 g/mol. The monoisotopic (exact) mass is 326 g/mol. The Morgan fingerprint density at radius 1 is 1.30 bits per heavy atom. The Hall–Kier alpha value is -0.670. The van der Waals surface area contributed by atoms with Crippen molar-refractivity contribution in [2.24, 2.45) is 17.8 Å². The van der Waals surface area contributed by atoms with Crippen molar-refractivity contribution in [3.63, 3.8) is 0 Å². The van der Waals surface area contributed by atoms with Gasteiger partial charge in [-0.3, -0.25) is 0 Å². The zero-order valence-electron chi connectivity index (χ0n) is 16.0. The molecule has 3 heteroatoms. The van der Waals surface area contributed by atoms with E-state index in [2.05, 4.69) is 33.8 Å². The first kappa shape index (κ1) is 22.3. The average Bonchev–Trinajstić information content (AvgIpc) is 2.37. The molecule has 136 valence electrons. The molecule has 0 aromatic rings. The molecule has 23 heavy (non-hydrogen) atoms. The Balaban J connectivity index is 0.000000423. The Labute approximate surface area is 143 Å². The maximum absolute atomic E-state index is 10.1. The van der Waals surface area contributed by atoms with Crippen LogP contribution in [0.3, 0.4) is 0 Å². The second-order valence-electron chi connectivity index (χ2n) is 8.11. The van der Waals surface area contributed by atoms with Crippen LogP contribution in [0, 0.1) is 17.8 Å². The third-order valence-corrected chi connectivity index (χ3v) is 4.70. The maximum Gasteiger partial charge on any atom is 0.120 e. The number of hydrogen-bond donors (Lipinski definition) is 2. The zero-order valence-corrected chi connectivity index (χ0v) is 16.0. The van der Waals surface area contributed by atoms with E-state index >= 15 is 0 Å². The molecule has 0 aromatic heterocycles. The van der Waals surface area contributed by atoms with E-state index in [1.54, 1.807) is 13.8 Å². The van der Waals surface area contributed by atoms with Crippen molar-refractivity contribution < 1.29 is 15.0 Å². The average molecular weight is 327 g/mol. The summed E-state index contributed by atoms with van der Waals surface area (Å²) in [5.74, 6) is 1.22. The lowest BCUT2D eigenvalue weighted by Gasteiger charge is -2.38. The standard InChI is InChI=1S/C10H20O2.C10H18O/c1-7-4-5-8(9(11)6-7)10(2,3)12;1-9(2)5-4-6-10(3)7-8-11/h7-9,11-12H,4-6H2,1-3H3;5,8,10H,4,6-7H2,1-3H3. The number of aldehydes is 1. The lowest BCUT2D eigenvalue weighted by atomic mass is 9.73. The van der Waals surface area contributed by atoms with Crippen molar-refractivity contribution >= 4 is 6.29 Å². The van der Waals surface area contributed by atoms with Gasteiger partial charge in [0.05, 0.1) is 11.7 Å². The predicted octanol–water partition coefficient (Wildman–Crippen LogP) is 4.51. The molecule has 0 saturated heterocycles. The van der Waals surface area contributed by atoms with Crippen LogP contribution in [0.15, 0.2) is 11.6 Å². The molecule has 1 aliphatic rings. The van der Waals surface area contributed by atoms with Gasteiger partial charge in [-0.25, -0.2) is 0 Å². The Morgan fingerprint density at radius 3 is 2.35 bits per heavy atom. The lowest BCUT2D eigenvalue weighted by Crippen LogP contribution is -2.42. The molecule has 1 aliphatic carbocycles. The van der Waals surface area contributed by atoms with Crippen LogP contribution in [0.4, 0.5) is 0 Å². The summed E-state index contributed by atoms with van der Waals surface area (Å²) in [5.41, 5.74) is 0.642. The third-order valence-electron chi connectivity index (χ3n) is 4.70. The molecule has 0 aromatic carbocycles. The van der Waals surface area contributed by atoms with Gasteiger partial charge in [0.25, 0.3) is 0 Å². The van der Waals surface area contributed by atoms with Gasteiger partial charge < -0.3 is 15.0 Å². The van der Waals surface area contributed by atoms with Crippen molar-refractivity contribution in [1.82, 2.24) is 0 Å². The topological polar surface area (TPSA) is 57.5 Å². The van der Waals surface area contributed by atoms with Gasteiger partial charge in [-0.2, -0.15) is 0 Å². The van der Waals surface area contributed by atoms with Crippen molar-refractivity contribution in [2.45, 2.75) is 91.8 Å². The van der Waals surface area contributed by atoms with E-state index in [9.17, 15) is 15.0 Å². The number of allylic oxidation sites excluding steroid dienone is 2. The smallest absolute Gasteiger partial charge is 0.120 e. The molecule has 4 atom stereocenters. The van der Waals surface area contributed by atoms with E-state index < -0.39 is 5.60 Å². The Morgan fingerprint density at radius 2 is 1.91 bits per heavy atom. The molecule has 0 amide bonds. The Bertz CT molecular complexity index is 350. The van der Waals surface area contributed by atoms with Crippen molar-refractivity contribution in [3.8, 4) is 0 Å². The minimum atomic E-state index is -0.723. The van der Waals surface area contributed by atoms with Crippen molar-refractivity contribution in [1.29, 1.82) is 0 Å². The maximum atomic E-state index is 10.1. The van der Waals surface area contributed by atoms with Crippen LogP contribution in [0.2, 0.25) is 0 Å². The Kier molecular flexibility index (Phi) is 10.7. The van der Waals surface area contributed by atoms with E-state index in [0.717, 1.165) is 38.4 Å². The molecule has 3 nitrogen and oxygen atoms in total. The molecule has 0 spiro atoms. The summed E-state index contributed by atoms with van der Waals surface area (Å²) in [6.45, 7) is 12.1. The number of carbonyl (C=O) groups is 1. The first-order chi connectivity index (χ1) is 10.6. The largest absolute Gasteiger partial charge is 0.393 e. The van der Waals surface area contributed by atoms with Crippen molar-refractivity contribution in [2.75, 3.05) is 0 Å². The summed E-state index contributed by atoms with van der Waals surface area (Å²) in [6, 6.07) is 0. The van der Waals surface area contributed by atoms with Crippen LogP contribution in [-0.4, -0.2) is 28.2 Å². The molecule has 2 N–H and O–H groups in total. The van der Waals surface area contributed by atoms with Gasteiger partial charge in [0, 0.05) is 12.3 Å². The van der Waals surface area contributed by atoms with Crippen LogP contribution >= 0.6 is 0 Å². The molecule has 1 saturated carbocycles. The van der Waals surface area contributed by atoms with Gasteiger partial charge in [-0.1, -0.05) is 31.9 Å². The molecule has 0 aliphatic heterocycles. The van der Waals surface area contributed by atoms with Gasteiger partial charge in [-0.15, -0.1) is 0 Å². The van der Waals surface area contributed by atoms with E-state index in [1.807, 2.05) is 0 Å². The highest BCUT2D eigenvalue weighted by Gasteiger charge is 2.36. The van der Waals surface area contributed by atoms with E-state index in [-0.39, 0.29) is 12.0 Å². The summed E-state index contributed by atoms with van der Waals surface area (Å²) < 4.78 is 0. The van der Waals surface area contributed by atoms with Gasteiger partial charge >= 0.3 is 0 Å². The number of rotatable bonds is 6. The minimum Gasteiger partial charge on any atom is -0.393 e. The van der Waals surface area contributed by atoms with E-state index in [0.29, 0.717) is 18.3 Å². The first-order valence-corrected chi connectivity index (χ1v) is 9.05. The van der Waals surface area contributed by atoms with E-state index in [1.165, 1.54) is 5.57 Å². The number of hydrogen-bond acceptors (Lipinski definition) is 3. The summed E-state index contributed by atoms with van der Waals surface area (Å²) in [7, 11) is 0. The van der Waals surface area contributed by atoms with Crippen LogP contribution in [-0.2, 0) is 4.79 Å². The number of carbonyl (C=O) groups excluding carboxylic acids is 1. The highest BCUT2D eigenvalue weighted by molar-refractivity contribution is 5.49. The van der Waals surface area contributed by atoms with Gasteiger partial charge in [0.15, 0.2) is 0 Å². The second-order valence-corrected chi connectivity index (χ2v) is 8.11. The quantitative estimate of drug-likeness (QED) is 0.557. The summed E-state index contributed by atoms with van der Waals surface area (Å²) in [5, 5.41) is 19.5. The highest BCUT2D eigenvalue weighted by atomic mass is 16.3. The molecule has 4 unspecified atom stereocenters. The second kappa shape index (κ2) is 11.0. The minimum absolute atomic E-state index is 0.0636. The van der Waals surface area contributed by atoms with Crippen molar-refractivity contribution in [3.05, 3.63) is 11.6 Å². The van der Waals surface area contributed by atoms with Gasteiger partial charge in [0.2, 0.25) is 0 Å². The number of aliphatic hydroxyl groups excluding tert-OH is 1. The molecule has 0 heterocycles. The molecule has 0 bridgehead atoms. The lowest BCUT2D eigenvalue weighted by molar-refractivity contribution is -0.108. The van der Waals surface area contributed by atoms with Gasteiger partial charge in [0.1, 0.15) is 6.29 Å². The predicted molar refractivity (Wildman–Crippen MR) is 97.3 cm³/mol. The third kappa shape index (κ3) is 10.7. The molecular formula is C20H38O3. The highest BCUT2D eigenvalue weighted by Crippen LogP contribution is 2.35. The van der Waals surface area contributed by atoms with Gasteiger partial charge in [-0.05, 0) is 65.2 Å². The fraction of sp³-hybridized carbons (Fsp3) is 0.850. The summed E-state index contributed by atoms with van der Waals surface area (Å²) in [6.07, 6.45) is 8.78. The zero-order chi connectivity index (χ0) is 18.0. The normalized spacial score (nSPS) is 25.8. The number of aliphatic hydroxyl groups is 2. The van der Waals surface area contributed by atoms with Crippen LogP contribution in [0.1, 0.15) is 80.1 Å². The van der Waals surface area contributed by atoms with Crippen LogP contribution in [0.5, 0.6) is 0 Å². The fourth-order valence-electron chi connectivity index (χ4n) is 3.11. The van der Waals surface area contributed by atoms with E-state index in [4.69, 9.17) is 0 Å². The van der Waals surface area contributed by atoms with Crippen LogP contribution in [0.25, 0.3) is 0 Å². The molecule has 1 rings (SSSR count). The summed E-state index contributed by atoms with van der Waals surface area (Å²) in [4.78, 5) is 10.1. The molecule has 1 fully saturated rings. The SMILES string of the molecule is CC(C)=CCCC(C)CC=O.CC1CCC(C(C)(C)O)C(O)C1. The summed E-state index contributed by atoms with van der Waals surface area (Å²) >= 11 is 0. The fourth-order valence-corrected chi connectivity index (χ4v) is 3.11. The first-order valence-electron chi connectivity index (χ1n) is 9.05. The molecule has 0 radical (unpaired) electrons.